The predicted molar refractivity (Wildman–Crippen MR) is 105 cm³/mol. The molecule has 0 aliphatic carbocycles. The van der Waals surface area contributed by atoms with Gasteiger partial charge in [-0.1, -0.05) is 32.5 Å². The number of carboxylic acids is 1. The van der Waals surface area contributed by atoms with E-state index >= 15 is 0 Å². The second-order valence-electron chi connectivity index (χ2n) is 8.86. The van der Waals surface area contributed by atoms with E-state index in [0.29, 0.717) is 0 Å². The van der Waals surface area contributed by atoms with Crippen molar-refractivity contribution < 1.29 is 23.9 Å². The van der Waals surface area contributed by atoms with Crippen molar-refractivity contribution in [1.82, 2.24) is 0 Å². The number of hydrogen-bond acceptors (Lipinski definition) is 4. The Morgan fingerprint density at radius 3 is 2.32 bits per heavy atom. The Balaban J connectivity index is 2.74. The Hall–Kier alpha value is -0.926. The number of hydrogen-bond donors (Lipinski definition) is 1. The van der Waals surface area contributed by atoms with Crippen LogP contribution in [0.2, 0.25) is 31.7 Å². The number of aliphatic carboxylic acids is 1. The van der Waals surface area contributed by atoms with Gasteiger partial charge in [-0.25, -0.2) is 9.59 Å². The zero-order valence-corrected chi connectivity index (χ0v) is 18.7. The van der Waals surface area contributed by atoms with Crippen molar-refractivity contribution in [3.8, 4) is 0 Å². The molecule has 0 amide bonds. The van der Waals surface area contributed by atoms with Gasteiger partial charge in [-0.3, -0.25) is 0 Å². The molecular weight excluding hydrogens is 352 g/mol. The maximum absolute atomic E-state index is 11.8. The molecule has 1 heterocycles. The standard InChI is InChI=1S/C18H34O5Si2/c1-14(2)15(22-17(21)9-8-16(19)20)10-12-25(7)13-11-18(3,4)23-24(25,5)6/h8-9,14-15H,10-13H2,1-7H3,(H,19,20). The van der Waals surface area contributed by atoms with Crippen molar-refractivity contribution in [3.05, 3.63) is 12.2 Å². The van der Waals surface area contributed by atoms with Gasteiger partial charge in [0.2, 0.25) is 0 Å². The lowest BCUT2D eigenvalue weighted by molar-refractivity contribution is -0.145. The van der Waals surface area contributed by atoms with Crippen LogP contribution in [0.25, 0.3) is 0 Å². The van der Waals surface area contributed by atoms with Gasteiger partial charge in [-0.2, -0.15) is 0 Å². The highest BCUT2D eigenvalue weighted by Crippen LogP contribution is 2.41. The van der Waals surface area contributed by atoms with E-state index in [-0.39, 0.29) is 17.6 Å². The fraction of sp³-hybridized carbons (Fsp3) is 0.778. The molecule has 0 bridgehead atoms. The van der Waals surface area contributed by atoms with Crippen LogP contribution in [0.5, 0.6) is 0 Å². The van der Waals surface area contributed by atoms with Crippen molar-refractivity contribution in [3.63, 3.8) is 0 Å². The van der Waals surface area contributed by atoms with Gasteiger partial charge in [0.1, 0.15) is 6.10 Å². The fourth-order valence-electron chi connectivity index (χ4n) is 3.49. The summed E-state index contributed by atoms with van der Waals surface area (Å²) in [6, 6.07) is 2.35. The molecule has 25 heavy (non-hydrogen) atoms. The van der Waals surface area contributed by atoms with E-state index < -0.39 is 27.4 Å². The molecule has 1 aliphatic heterocycles. The minimum Gasteiger partial charge on any atom is -0.478 e. The van der Waals surface area contributed by atoms with Gasteiger partial charge in [0.05, 0.1) is 13.2 Å². The Morgan fingerprint density at radius 1 is 1.24 bits per heavy atom. The number of esters is 1. The molecule has 0 aromatic rings. The van der Waals surface area contributed by atoms with Crippen LogP contribution in [0.15, 0.2) is 12.2 Å². The highest BCUT2D eigenvalue weighted by Gasteiger charge is 2.52. The summed E-state index contributed by atoms with van der Waals surface area (Å²) in [5.41, 5.74) is -0.0201. The molecule has 0 aromatic heterocycles. The van der Waals surface area contributed by atoms with Crippen LogP contribution in [0.4, 0.5) is 0 Å². The van der Waals surface area contributed by atoms with E-state index in [1.807, 2.05) is 13.8 Å². The molecule has 144 valence electrons. The maximum atomic E-state index is 11.8. The van der Waals surface area contributed by atoms with Crippen LogP contribution >= 0.6 is 0 Å². The first-order valence-corrected chi connectivity index (χ1v) is 15.9. The number of ether oxygens (including phenoxy) is 1. The highest BCUT2D eigenvalue weighted by atomic mass is 29.3. The van der Waals surface area contributed by atoms with Crippen molar-refractivity contribution >= 4 is 27.4 Å². The third-order valence-electron chi connectivity index (χ3n) is 5.62. The lowest BCUT2D eigenvalue weighted by Gasteiger charge is -2.51. The number of carbonyl (C=O) groups is 2. The van der Waals surface area contributed by atoms with Crippen molar-refractivity contribution in [2.45, 2.75) is 84.0 Å². The van der Waals surface area contributed by atoms with E-state index in [1.54, 1.807) is 0 Å². The van der Waals surface area contributed by atoms with Crippen LogP contribution in [0.1, 0.15) is 40.5 Å². The molecule has 0 spiro atoms. The molecule has 0 radical (unpaired) electrons. The SMILES string of the molecule is CC(C)C(CC[Si]1(C)CCC(C)(C)O[Si]1(C)C)OC(=O)C=CC(=O)O. The zero-order chi connectivity index (χ0) is 19.5. The fourth-order valence-corrected chi connectivity index (χ4v) is 14.7. The molecule has 5 nitrogen and oxygen atoms in total. The normalized spacial score (nSPS) is 26.6. The van der Waals surface area contributed by atoms with Crippen molar-refractivity contribution in [1.29, 1.82) is 0 Å². The Morgan fingerprint density at radius 2 is 1.84 bits per heavy atom. The molecule has 1 saturated heterocycles. The van der Waals surface area contributed by atoms with Gasteiger partial charge in [0.15, 0.2) is 7.83 Å². The van der Waals surface area contributed by atoms with Crippen molar-refractivity contribution in [2.24, 2.45) is 5.92 Å². The first-order chi connectivity index (χ1) is 11.3. The molecular formula is C18H34O5Si2. The zero-order valence-electron chi connectivity index (χ0n) is 16.7. The third kappa shape index (κ3) is 6.38. The first kappa shape index (κ1) is 22.1. The summed E-state index contributed by atoms with van der Waals surface area (Å²) in [5, 5.41) is 8.61. The largest absolute Gasteiger partial charge is 0.478 e. The summed E-state index contributed by atoms with van der Waals surface area (Å²) in [6.07, 6.45) is 3.55. The minimum absolute atomic E-state index is 0.0201. The topological polar surface area (TPSA) is 72.8 Å². The van der Waals surface area contributed by atoms with Gasteiger partial charge < -0.3 is 14.3 Å². The van der Waals surface area contributed by atoms with Crippen LogP contribution in [0, 0.1) is 5.92 Å². The summed E-state index contributed by atoms with van der Waals surface area (Å²) in [6.45, 7) is 15.6. The van der Waals surface area contributed by atoms with E-state index in [0.717, 1.165) is 31.0 Å². The second-order valence-corrected chi connectivity index (χ2v) is 23.4. The van der Waals surface area contributed by atoms with E-state index in [1.165, 1.54) is 6.04 Å². The highest BCUT2D eigenvalue weighted by molar-refractivity contribution is 7.38. The van der Waals surface area contributed by atoms with Crippen LogP contribution < -0.4 is 0 Å². The molecule has 1 aliphatic rings. The van der Waals surface area contributed by atoms with Gasteiger partial charge in [-0.15, -0.1) is 0 Å². The summed E-state index contributed by atoms with van der Waals surface area (Å²) < 4.78 is 12.0. The maximum Gasteiger partial charge on any atom is 0.331 e. The molecule has 0 aromatic carbocycles. The van der Waals surface area contributed by atoms with Crippen LogP contribution in [-0.2, 0) is 18.8 Å². The minimum atomic E-state index is -1.74. The van der Waals surface area contributed by atoms with Gasteiger partial charge in [0.25, 0.3) is 0 Å². The number of carbonyl (C=O) groups excluding carboxylic acids is 1. The molecule has 1 rings (SSSR count). The van der Waals surface area contributed by atoms with Crippen molar-refractivity contribution in [2.75, 3.05) is 0 Å². The Labute approximate surface area is 153 Å². The predicted octanol–water partition coefficient (Wildman–Crippen LogP) is 4.15. The first-order valence-electron chi connectivity index (χ1n) is 9.10. The van der Waals surface area contributed by atoms with Crippen LogP contribution in [-0.4, -0.2) is 44.2 Å². The summed E-state index contributed by atoms with van der Waals surface area (Å²) >= 11 is 0. The summed E-state index contributed by atoms with van der Waals surface area (Å²) in [5.74, 6) is -1.52. The quantitative estimate of drug-likeness (QED) is 0.404. The average Bonchev–Trinajstić information content (AvgIpc) is 2.44. The molecule has 1 N–H and O–H groups in total. The monoisotopic (exact) mass is 386 g/mol. The lowest BCUT2D eigenvalue weighted by atomic mass is 10.1. The third-order valence-corrected chi connectivity index (χ3v) is 22.9. The van der Waals surface area contributed by atoms with Gasteiger partial charge >= 0.3 is 11.9 Å². The Kier molecular flexibility index (Phi) is 7.24. The van der Waals surface area contributed by atoms with E-state index in [9.17, 15) is 9.59 Å². The van der Waals surface area contributed by atoms with E-state index in [2.05, 4.69) is 33.5 Å². The molecule has 2 unspecified atom stereocenters. The van der Waals surface area contributed by atoms with Crippen LogP contribution in [0.3, 0.4) is 0 Å². The average molecular weight is 387 g/mol. The molecule has 7 heteroatoms. The Bertz CT molecular complexity index is 528. The molecule has 2 atom stereocenters. The number of rotatable bonds is 7. The second kappa shape index (κ2) is 8.18. The summed E-state index contributed by atoms with van der Waals surface area (Å²) in [4.78, 5) is 22.4. The van der Waals surface area contributed by atoms with Gasteiger partial charge in [0, 0.05) is 12.2 Å². The van der Waals surface area contributed by atoms with Gasteiger partial charge in [-0.05, 0) is 45.7 Å². The summed E-state index contributed by atoms with van der Waals surface area (Å²) in [7, 11) is -3.28. The molecule has 1 fully saturated rings. The molecule has 0 saturated carbocycles. The lowest BCUT2D eigenvalue weighted by Crippen LogP contribution is -2.65. The van der Waals surface area contributed by atoms with E-state index in [4.69, 9.17) is 14.3 Å². The number of carboxylic acid groups (broad SMARTS) is 1. The smallest absolute Gasteiger partial charge is 0.331 e.